The van der Waals surface area contributed by atoms with E-state index < -0.39 is 12.0 Å². The Bertz CT molecular complexity index is 813. The monoisotopic (exact) mass is 372 g/mol. The molecule has 148 valence electrons. The number of benzene rings is 1. The van der Waals surface area contributed by atoms with E-state index in [2.05, 4.69) is 38.0 Å². The van der Waals surface area contributed by atoms with E-state index in [0.717, 1.165) is 28.6 Å². The second kappa shape index (κ2) is 7.93. The summed E-state index contributed by atoms with van der Waals surface area (Å²) in [5.74, 6) is 0.861. The van der Waals surface area contributed by atoms with Crippen LogP contribution in [0.3, 0.4) is 0 Å². The molecule has 5 nitrogen and oxygen atoms in total. The molecule has 5 unspecified atom stereocenters. The number of phenolic OH excluding ortho intramolecular Hbond substituents is 1. The van der Waals surface area contributed by atoms with Crippen LogP contribution in [0, 0.1) is 11.8 Å². The molecule has 1 aromatic carbocycles. The van der Waals surface area contributed by atoms with Crippen LogP contribution in [0.4, 0.5) is 0 Å². The number of carboxylic acid groups (broad SMARTS) is 1. The zero-order valence-corrected chi connectivity index (χ0v) is 16.7. The van der Waals surface area contributed by atoms with E-state index in [9.17, 15) is 15.0 Å². The molecular weight excluding hydrogens is 340 g/mol. The van der Waals surface area contributed by atoms with E-state index in [1.54, 1.807) is 12.1 Å². The number of H-pyrrole nitrogens is 1. The van der Waals surface area contributed by atoms with E-state index in [4.69, 9.17) is 0 Å². The number of aromatic hydroxyl groups is 1. The summed E-state index contributed by atoms with van der Waals surface area (Å²) in [6, 6.07) is 4.75. The molecule has 1 aromatic heterocycles. The molecule has 3 rings (SSSR count). The first-order valence-corrected chi connectivity index (χ1v) is 10.1. The van der Waals surface area contributed by atoms with Gasteiger partial charge in [-0.05, 0) is 55.4 Å². The zero-order valence-electron chi connectivity index (χ0n) is 16.7. The largest absolute Gasteiger partial charge is 0.508 e. The summed E-state index contributed by atoms with van der Waals surface area (Å²) >= 11 is 0. The summed E-state index contributed by atoms with van der Waals surface area (Å²) in [4.78, 5) is 15.3. The van der Waals surface area contributed by atoms with Gasteiger partial charge in [0.05, 0.1) is 0 Å². The molecule has 0 saturated heterocycles. The summed E-state index contributed by atoms with van der Waals surface area (Å²) in [7, 11) is 0. The van der Waals surface area contributed by atoms with Crippen LogP contribution >= 0.6 is 0 Å². The van der Waals surface area contributed by atoms with Gasteiger partial charge >= 0.3 is 5.97 Å². The topological polar surface area (TPSA) is 85.3 Å². The van der Waals surface area contributed by atoms with Crippen LogP contribution in [0.15, 0.2) is 18.2 Å². The molecule has 2 heterocycles. The van der Waals surface area contributed by atoms with Gasteiger partial charge in [-0.2, -0.15) is 0 Å². The van der Waals surface area contributed by atoms with Gasteiger partial charge in [0.1, 0.15) is 11.8 Å². The van der Waals surface area contributed by atoms with Gasteiger partial charge in [-0.1, -0.05) is 27.2 Å². The number of phenols is 1. The molecule has 0 radical (unpaired) electrons. The molecule has 1 aliphatic heterocycles. The van der Waals surface area contributed by atoms with Crippen molar-refractivity contribution in [1.29, 1.82) is 0 Å². The van der Waals surface area contributed by atoms with Crippen molar-refractivity contribution in [2.75, 3.05) is 0 Å². The Morgan fingerprint density at radius 2 is 2.04 bits per heavy atom. The van der Waals surface area contributed by atoms with Gasteiger partial charge in [-0.3, -0.25) is 4.79 Å². The second-order valence-electron chi connectivity index (χ2n) is 8.49. The van der Waals surface area contributed by atoms with Gasteiger partial charge in [0.25, 0.3) is 0 Å². The molecule has 0 saturated carbocycles. The highest BCUT2D eigenvalue weighted by molar-refractivity contribution is 5.87. The summed E-state index contributed by atoms with van der Waals surface area (Å²) in [6.07, 6.45) is 3.80. The highest BCUT2D eigenvalue weighted by Crippen LogP contribution is 2.38. The fourth-order valence-corrected chi connectivity index (χ4v) is 4.60. The number of aliphatic carboxylic acids is 1. The predicted molar refractivity (Wildman–Crippen MR) is 108 cm³/mol. The average molecular weight is 373 g/mol. The third-order valence-electron chi connectivity index (χ3n) is 6.23. The summed E-state index contributed by atoms with van der Waals surface area (Å²) < 4.78 is 0. The molecule has 2 aromatic rings. The zero-order chi connectivity index (χ0) is 19.7. The van der Waals surface area contributed by atoms with Crippen LogP contribution < -0.4 is 5.32 Å². The maximum Gasteiger partial charge on any atom is 0.321 e. The molecule has 27 heavy (non-hydrogen) atoms. The first-order chi connectivity index (χ1) is 12.8. The molecule has 1 aliphatic rings. The molecule has 0 amide bonds. The van der Waals surface area contributed by atoms with Gasteiger partial charge in [0.2, 0.25) is 0 Å². The fraction of sp³-hybridized carbons (Fsp3) is 0.591. The van der Waals surface area contributed by atoms with Crippen LogP contribution in [-0.4, -0.2) is 33.3 Å². The van der Waals surface area contributed by atoms with Crippen LogP contribution in [0.1, 0.15) is 64.1 Å². The first kappa shape index (κ1) is 19.7. The number of fused-ring (bicyclic) bond motifs is 3. The van der Waals surface area contributed by atoms with E-state index in [-0.39, 0.29) is 17.7 Å². The number of carbonyl (C=O) groups is 1. The van der Waals surface area contributed by atoms with Crippen molar-refractivity contribution in [3.63, 3.8) is 0 Å². The molecular formula is C22H32N2O3. The molecule has 4 N–H and O–H groups in total. The number of hydrogen-bond donors (Lipinski definition) is 4. The van der Waals surface area contributed by atoms with Crippen molar-refractivity contribution in [1.82, 2.24) is 10.3 Å². The van der Waals surface area contributed by atoms with E-state index in [1.165, 1.54) is 12.8 Å². The first-order valence-electron chi connectivity index (χ1n) is 10.1. The maximum atomic E-state index is 11.8. The van der Waals surface area contributed by atoms with Crippen molar-refractivity contribution in [2.24, 2.45) is 11.8 Å². The summed E-state index contributed by atoms with van der Waals surface area (Å²) in [6.45, 7) is 8.91. The molecule has 0 spiro atoms. The average Bonchev–Trinajstić information content (AvgIpc) is 2.89. The van der Waals surface area contributed by atoms with E-state index in [1.807, 2.05) is 6.07 Å². The number of nitrogens with one attached hydrogen (secondary N) is 2. The highest BCUT2D eigenvalue weighted by atomic mass is 16.4. The molecule has 0 aliphatic carbocycles. The third-order valence-corrected chi connectivity index (χ3v) is 6.23. The lowest BCUT2D eigenvalue weighted by molar-refractivity contribution is -0.139. The Morgan fingerprint density at radius 3 is 2.70 bits per heavy atom. The number of hydrogen-bond acceptors (Lipinski definition) is 3. The van der Waals surface area contributed by atoms with Crippen LogP contribution in [0.5, 0.6) is 5.75 Å². The van der Waals surface area contributed by atoms with Crippen molar-refractivity contribution < 1.29 is 15.0 Å². The van der Waals surface area contributed by atoms with Crippen molar-refractivity contribution >= 4 is 16.9 Å². The van der Waals surface area contributed by atoms with Crippen LogP contribution in [0.2, 0.25) is 0 Å². The number of aromatic nitrogens is 1. The van der Waals surface area contributed by atoms with Crippen molar-refractivity contribution in [2.45, 2.75) is 71.4 Å². The molecule has 0 bridgehead atoms. The lowest BCUT2D eigenvalue weighted by Gasteiger charge is -2.28. The Hall–Kier alpha value is -2.01. The number of aromatic amines is 1. The second-order valence-corrected chi connectivity index (χ2v) is 8.49. The van der Waals surface area contributed by atoms with Crippen molar-refractivity contribution in [3.05, 3.63) is 29.5 Å². The maximum absolute atomic E-state index is 11.8. The Kier molecular flexibility index (Phi) is 5.80. The van der Waals surface area contributed by atoms with Gasteiger partial charge in [-0.15, -0.1) is 0 Å². The minimum atomic E-state index is -0.824. The van der Waals surface area contributed by atoms with Crippen LogP contribution in [0.25, 0.3) is 10.9 Å². The number of rotatable bonds is 6. The minimum Gasteiger partial charge on any atom is -0.508 e. The lowest BCUT2D eigenvalue weighted by Crippen LogP contribution is -2.44. The van der Waals surface area contributed by atoms with Crippen LogP contribution in [-0.2, 0) is 11.2 Å². The predicted octanol–water partition coefficient (Wildman–Crippen LogP) is 4.41. The van der Waals surface area contributed by atoms with E-state index in [0.29, 0.717) is 18.3 Å². The quantitative estimate of drug-likeness (QED) is 0.605. The van der Waals surface area contributed by atoms with Gasteiger partial charge in [-0.25, -0.2) is 0 Å². The smallest absolute Gasteiger partial charge is 0.321 e. The third kappa shape index (κ3) is 4.13. The molecule has 5 heteroatoms. The van der Waals surface area contributed by atoms with E-state index >= 15 is 0 Å². The minimum absolute atomic E-state index is 0.0633. The standard InChI is InChI=1S/C22H32N2O3/c1-5-12(2)8-13(3)9-16-14(4)23-20(22(26)27)11-18-17-10-15(25)6-7-19(17)24-21(16)18/h6-7,10,12-14,16,20,23-25H,5,8-9,11H2,1-4H3,(H,26,27). The number of carboxylic acids is 1. The Labute approximate surface area is 161 Å². The molecule has 5 atom stereocenters. The van der Waals surface area contributed by atoms with Gasteiger partial charge in [0.15, 0.2) is 0 Å². The highest BCUT2D eigenvalue weighted by Gasteiger charge is 2.35. The van der Waals surface area contributed by atoms with Crippen molar-refractivity contribution in [3.8, 4) is 5.75 Å². The van der Waals surface area contributed by atoms with Gasteiger partial charge < -0.3 is 20.5 Å². The summed E-state index contributed by atoms with van der Waals surface area (Å²) in [5.41, 5.74) is 3.14. The lowest BCUT2D eigenvalue weighted by atomic mass is 9.83. The summed E-state index contributed by atoms with van der Waals surface area (Å²) in [5, 5.41) is 23.9. The Morgan fingerprint density at radius 1 is 1.30 bits per heavy atom. The fourth-order valence-electron chi connectivity index (χ4n) is 4.60. The molecule has 0 fully saturated rings. The Balaban J connectivity index is 2.01. The SMILES string of the molecule is CCC(C)CC(C)CC1c2[nH]c3ccc(O)cc3c2CC(C(=O)O)NC1C. The van der Waals surface area contributed by atoms with Gasteiger partial charge in [0, 0.05) is 35.0 Å². The normalized spacial score (nSPS) is 25.0.